The van der Waals surface area contributed by atoms with Crippen LogP contribution >= 0.6 is 0 Å². The van der Waals surface area contributed by atoms with E-state index >= 15 is 0 Å². The number of likely N-dealkylation sites (N-methyl/N-ethyl adjacent to an activating group) is 1. The molecule has 3 rings (SSSR count). The van der Waals surface area contributed by atoms with E-state index in [1.54, 1.807) is 32.6 Å². The average molecular weight is 821 g/mol. The first-order valence-electron chi connectivity index (χ1n) is 21.0. The molecular formula is C43H72N4O11. The summed E-state index contributed by atoms with van der Waals surface area (Å²) in [7, 11) is 1.49. The lowest BCUT2D eigenvalue weighted by atomic mass is 9.85. The Balaban J connectivity index is 1.46. The number of ether oxygens (including phenoxy) is 7. The maximum Gasteiger partial charge on any atom is 0.410 e. The van der Waals surface area contributed by atoms with Crippen molar-refractivity contribution < 1.29 is 52.3 Å². The number of carbonyl (C=O) groups excluding carboxylic acids is 4. The fourth-order valence-electron chi connectivity index (χ4n) is 6.67. The molecule has 0 radical (unpaired) electrons. The van der Waals surface area contributed by atoms with Crippen LogP contribution in [0.25, 0.3) is 0 Å². The lowest BCUT2D eigenvalue weighted by Crippen LogP contribution is -2.60. The summed E-state index contributed by atoms with van der Waals surface area (Å²) in [5, 5.41) is 6.10. The molecule has 2 aliphatic rings. The summed E-state index contributed by atoms with van der Waals surface area (Å²) in [5.41, 5.74) is 0.660. The van der Waals surface area contributed by atoms with Crippen molar-refractivity contribution in [1.82, 2.24) is 20.4 Å². The second-order valence-corrected chi connectivity index (χ2v) is 17.0. The van der Waals surface area contributed by atoms with Crippen LogP contribution in [0.1, 0.15) is 98.2 Å². The topological polar surface area (TPSA) is 163 Å². The number of hydrogen-bond donors (Lipinski definition) is 2. The third kappa shape index (κ3) is 16.4. The summed E-state index contributed by atoms with van der Waals surface area (Å²) < 4.78 is 39.5. The van der Waals surface area contributed by atoms with Crippen molar-refractivity contribution in [3.05, 3.63) is 35.4 Å². The summed E-state index contributed by atoms with van der Waals surface area (Å²) in [5.74, 6) is -1.11. The normalized spacial score (nSPS) is 19.1. The van der Waals surface area contributed by atoms with Crippen molar-refractivity contribution in [2.45, 2.75) is 123 Å². The van der Waals surface area contributed by atoms with E-state index in [2.05, 4.69) is 17.6 Å². The SMILES string of the molecule is CCCCOCCOCCOCCOCCOCCO[C@@H]1Cc2ccccc2[C@@H]1NC(=O)[C@@H]1CCCN1C(=O)[C@@H](NC(=O)[C@H](C)N(C)C(=O)OC(C)(C)C)C(C)(C)C. The van der Waals surface area contributed by atoms with Gasteiger partial charge in [0.25, 0.3) is 0 Å². The number of likely N-dealkylation sites (tertiary alicyclic amines) is 1. The second kappa shape index (κ2) is 24.7. The van der Waals surface area contributed by atoms with E-state index in [9.17, 15) is 19.2 Å². The van der Waals surface area contributed by atoms with Gasteiger partial charge in [-0.3, -0.25) is 19.3 Å². The molecule has 58 heavy (non-hydrogen) atoms. The van der Waals surface area contributed by atoms with Gasteiger partial charge < -0.3 is 48.7 Å². The van der Waals surface area contributed by atoms with Crippen molar-refractivity contribution in [1.29, 1.82) is 0 Å². The third-order valence-corrected chi connectivity index (χ3v) is 10.1. The summed E-state index contributed by atoms with van der Waals surface area (Å²) >= 11 is 0. The molecule has 0 saturated carbocycles. The van der Waals surface area contributed by atoms with E-state index in [1.165, 1.54) is 11.9 Å². The largest absolute Gasteiger partial charge is 0.444 e. The van der Waals surface area contributed by atoms with Gasteiger partial charge in [0.15, 0.2) is 0 Å². The van der Waals surface area contributed by atoms with Crippen molar-refractivity contribution in [3.63, 3.8) is 0 Å². The van der Waals surface area contributed by atoms with Gasteiger partial charge in [-0.1, -0.05) is 58.4 Å². The van der Waals surface area contributed by atoms with E-state index in [0.29, 0.717) is 91.9 Å². The van der Waals surface area contributed by atoms with Crippen LogP contribution in [-0.2, 0) is 54.0 Å². The Morgan fingerprint density at radius 2 is 1.38 bits per heavy atom. The Labute approximate surface area is 346 Å². The van der Waals surface area contributed by atoms with Crippen LogP contribution in [0.3, 0.4) is 0 Å². The van der Waals surface area contributed by atoms with Crippen LogP contribution in [0, 0.1) is 5.41 Å². The van der Waals surface area contributed by atoms with Crippen LogP contribution in [0.15, 0.2) is 24.3 Å². The van der Waals surface area contributed by atoms with Crippen molar-refractivity contribution in [2.75, 3.05) is 86.3 Å². The maximum atomic E-state index is 14.2. The van der Waals surface area contributed by atoms with Gasteiger partial charge in [-0.15, -0.1) is 0 Å². The van der Waals surface area contributed by atoms with E-state index in [4.69, 9.17) is 33.2 Å². The van der Waals surface area contributed by atoms with Crippen molar-refractivity contribution in [3.8, 4) is 0 Å². The molecule has 1 fully saturated rings. The summed E-state index contributed by atoms with van der Waals surface area (Å²) in [6.45, 7) is 20.4. The van der Waals surface area contributed by atoms with Gasteiger partial charge in [0.1, 0.15) is 23.7 Å². The first kappa shape index (κ1) is 49.0. The van der Waals surface area contributed by atoms with E-state index < -0.39 is 47.2 Å². The molecule has 1 heterocycles. The number of nitrogens with one attached hydrogen (secondary N) is 2. The van der Waals surface area contributed by atoms with Gasteiger partial charge in [0.2, 0.25) is 17.7 Å². The molecule has 1 saturated heterocycles. The Morgan fingerprint density at radius 1 is 0.828 bits per heavy atom. The summed E-state index contributed by atoms with van der Waals surface area (Å²) in [6, 6.07) is 4.98. The molecule has 1 aromatic carbocycles. The van der Waals surface area contributed by atoms with Gasteiger partial charge in [0, 0.05) is 26.6 Å². The molecule has 15 heteroatoms. The molecule has 0 spiro atoms. The van der Waals surface area contributed by atoms with Gasteiger partial charge >= 0.3 is 6.09 Å². The highest BCUT2D eigenvalue weighted by Crippen LogP contribution is 2.34. The summed E-state index contributed by atoms with van der Waals surface area (Å²) in [4.78, 5) is 57.1. The van der Waals surface area contributed by atoms with Crippen molar-refractivity contribution in [2.24, 2.45) is 5.41 Å². The standard InChI is InChI=1S/C43H72N4O11/c1-10-11-19-52-20-21-53-22-23-54-24-25-55-26-27-56-28-29-57-35-30-32-15-12-13-16-33(32)36(35)44-39(49)34-17-14-18-47(34)40(50)37(42(3,4)5)45-38(48)31(2)46(9)41(51)58-43(6,7)8/h12-13,15-16,31,34-37H,10-11,14,17-30H2,1-9H3,(H,44,49)(H,45,48)/t31-,34-,35+,36-,37+/m0/s1. The Bertz CT molecular complexity index is 1420. The van der Waals surface area contributed by atoms with E-state index in [0.717, 1.165) is 30.6 Å². The minimum atomic E-state index is -0.944. The molecular weight excluding hydrogens is 748 g/mol. The van der Waals surface area contributed by atoms with Crippen molar-refractivity contribution >= 4 is 23.8 Å². The quantitative estimate of drug-likeness (QED) is 0.134. The Morgan fingerprint density at radius 3 is 1.93 bits per heavy atom. The fraction of sp³-hybridized carbons (Fsp3) is 0.767. The van der Waals surface area contributed by atoms with Crippen LogP contribution in [-0.4, -0.2) is 150 Å². The second-order valence-electron chi connectivity index (χ2n) is 17.0. The first-order chi connectivity index (χ1) is 27.5. The Kier molecular flexibility index (Phi) is 20.9. The molecule has 1 aromatic rings. The molecule has 5 atom stereocenters. The minimum Gasteiger partial charge on any atom is -0.444 e. The van der Waals surface area contributed by atoms with Gasteiger partial charge in [-0.25, -0.2) is 4.79 Å². The molecule has 1 aliphatic carbocycles. The van der Waals surface area contributed by atoms with Gasteiger partial charge in [-0.05, 0) is 63.5 Å². The van der Waals surface area contributed by atoms with Gasteiger partial charge in [-0.2, -0.15) is 0 Å². The zero-order valence-electron chi connectivity index (χ0n) is 36.6. The minimum absolute atomic E-state index is 0.268. The number of carbonyl (C=O) groups is 4. The molecule has 0 bridgehead atoms. The van der Waals surface area contributed by atoms with Crippen LogP contribution in [0.5, 0.6) is 0 Å². The smallest absolute Gasteiger partial charge is 0.410 e. The van der Waals surface area contributed by atoms with E-state index in [-0.39, 0.29) is 17.9 Å². The highest BCUT2D eigenvalue weighted by molar-refractivity contribution is 5.94. The first-order valence-corrected chi connectivity index (χ1v) is 21.0. The van der Waals surface area contributed by atoms with Gasteiger partial charge in [0.05, 0.1) is 78.2 Å². The summed E-state index contributed by atoms with van der Waals surface area (Å²) in [6.07, 6.45) is 3.00. The number of unbranched alkanes of at least 4 members (excludes halogenated alkanes) is 1. The third-order valence-electron chi connectivity index (χ3n) is 10.1. The predicted molar refractivity (Wildman–Crippen MR) is 219 cm³/mol. The van der Waals surface area contributed by atoms with Crippen LogP contribution < -0.4 is 10.6 Å². The maximum absolute atomic E-state index is 14.2. The zero-order chi connectivity index (χ0) is 42.7. The predicted octanol–water partition coefficient (Wildman–Crippen LogP) is 4.45. The number of amides is 4. The van der Waals surface area contributed by atoms with Crippen LogP contribution in [0.4, 0.5) is 4.79 Å². The highest BCUT2D eigenvalue weighted by atomic mass is 16.6. The lowest BCUT2D eigenvalue weighted by Gasteiger charge is -2.37. The number of rotatable bonds is 25. The molecule has 0 unspecified atom stereocenters. The molecule has 2 N–H and O–H groups in total. The molecule has 4 amide bonds. The lowest BCUT2D eigenvalue weighted by molar-refractivity contribution is -0.144. The molecule has 15 nitrogen and oxygen atoms in total. The van der Waals surface area contributed by atoms with Crippen LogP contribution in [0.2, 0.25) is 0 Å². The molecule has 1 aliphatic heterocycles. The van der Waals surface area contributed by atoms with E-state index in [1.807, 2.05) is 45.0 Å². The highest BCUT2D eigenvalue weighted by Gasteiger charge is 2.44. The molecule has 0 aromatic heterocycles. The number of benzene rings is 1. The number of fused-ring (bicyclic) bond motifs is 1. The molecule has 330 valence electrons. The number of hydrogen-bond acceptors (Lipinski definition) is 11. The number of nitrogens with zero attached hydrogens (tertiary/aromatic N) is 2. The fourth-order valence-corrected chi connectivity index (χ4v) is 6.67. The zero-order valence-corrected chi connectivity index (χ0v) is 36.6. The average Bonchev–Trinajstić information content (AvgIpc) is 3.80. The Hall–Kier alpha value is -3.34. The monoisotopic (exact) mass is 821 g/mol.